The van der Waals surface area contributed by atoms with Crippen molar-refractivity contribution in [1.82, 2.24) is 25.1 Å². The highest BCUT2D eigenvalue weighted by atomic mass is 32.2. The highest BCUT2D eigenvalue weighted by Crippen LogP contribution is 2.23. The smallest absolute Gasteiger partial charge is 0.233 e. The number of amides is 1. The van der Waals surface area contributed by atoms with Crippen LogP contribution in [0.4, 0.5) is 0 Å². The molecule has 1 aromatic heterocycles. The maximum Gasteiger partial charge on any atom is 0.233 e. The van der Waals surface area contributed by atoms with Crippen LogP contribution in [-0.4, -0.2) is 49.4 Å². The molecule has 0 atom stereocenters. The molecular formula is C12H21N5OS. The largest absolute Gasteiger partial charge is 0.339 e. The number of carbonyl (C=O) groups is 1. The van der Waals surface area contributed by atoms with Crippen molar-refractivity contribution in [2.24, 2.45) is 7.05 Å². The minimum atomic E-state index is 0.197. The molecule has 0 aromatic carbocycles. The van der Waals surface area contributed by atoms with Crippen molar-refractivity contribution in [2.45, 2.75) is 50.2 Å². The lowest BCUT2D eigenvalue weighted by Gasteiger charge is -2.33. The maximum atomic E-state index is 12.3. The molecule has 106 valence electrons. The van der Waals surface area contributed by atoms with E-state index in [0.29, 0.717) is 17.0 Å². The van der Waals surface area contributed by atoms with Crippen molar-refractivity contribution < 1.29 is 4.79 Å². The van der Waals surface area contributed by atoms with Crippen LogP contribution in [0.3, 0.4) is 0 Å². The molecule has 1 aromatic rings. The molecule has 6 nitrogen and oxygen atoms in total. The monoisotopic (exact) mass is 283 g/mol. The van der Waals surface area contributed by atoms with Gasteiger partial charge in [0.1, 0.15) is 0 Å². The molecule has 0 bridgehead atoms. The summed E-state index contributed by atoms with van der Waals surface area (Å²) < 4.78 is 1.59. The number of tetrazole rings is 1. The van der Waals surface area contributed by atoms with E-state index in [-0.39, 0.29) is 5.91 Å². The summed E-state index contributed by atoms with van der Waals surface area (Å²) in [6.45, 7) is 2.85. The lowest BCUT2D eigenvalue weighted by atomic mass is 9.94. The Hall–Kier alpha value is -1.11. The topological polar surface area (TPSA) is 63.9 Å². The van der Waals surface area contributed by atoms with Crippen LogP contribution in [0.1, 0.15) is 39.0 Å². The van der Waals surface area contributed by atoms with Crippen LogP contribution in [0, 0.1) is 0 Å². The van der Waals surface area contributed by atoms with E-state index in [9.17, 15) is 4.79 Å². The number of thioether (sulfide) groups is 1. The van der Waals surface area contributed by atoms with Gasteiger partial charge in [0, 0.05) is 19.6 Å². The van der Waals surface area contributed by atoms with E-state index < -0.39 is 0 Å². The molecule has 1 saturated carbocycles. The van der Waals surface area contributed by atoms with Gasteiger partial charge in [-0.05, 0) is 30.2 Å². The van der Waals surface area contributed by atoms with Gasteiger partial charge in [-0.25, -0.2) is 4.68 Å². The third-order valence-corrected chi connectivity index (χ3v) is 4.58. The lowest BCUT2D eigenvalue weighted by Crippen LogP contribution is -2.42. The molecule has 0 radical (unpaired) electrons. The standard InChI is InChI=1S/C12H21N5OS/c1-3-17(10-7-5-4-6-8-10)11(18)9-19-12-13-14-15-16(12)2/h10H,3-9H2,1-2H3. The Morgan fingerprint density at radius 2 is 2.16 bits per heavy atom. The average molecular weight is 283 g/mol. The van der Waals surface area contributed by atoms with Crippen LogP contribution >= 0.6 is 11.8 Å². The molecule has 1 aliphatic rings. The summed E-state index contributed by atoms with van der Waals surface area (Å²) in [4.78, 5) is 14.3. The van der Waals surface area contributed by atoms with Crippen molar-refractivity contribution in [3.63, 3.8) is 0 Å². The Bertz CT molecular complexity index is 416. The number of carbonyl (C=O) groups excluding carboxylic acids is 1. The van der Waals surface area contributed by atoms with Gasteiger partial charge in [0.05, 0.1) is 5.75 Å². The highest BCUT2D eigenvalue weighted by Gasteiger charge is 2.24. The van der Waals surface area contributed by atoms with Crippen LogP contribution in [0.15, 0.2) is 5.16 Å². The van der Waals surface area contributed by atoms with Gasteiger partial charge in [-0.3, -0.25) is 4.79 Å². The maximum absolute atomic E-state index is 12.3. The zero-order valence-corrected chi connectivity index (χ0v) is 12.4. The number of aromatic nitrogens is 4. The molecule has 0 unspecified atom stereocenters. The quantitative estimate of drug-likeness (QED) is 0.766. The first-order chi connectivity index (χ1) is 9.22. The van der Waals surface area contributed by atoms with Gasteiger partial charge in [0.15, 0.2) is 0 Å². The molecule has 1 aliphatic carbocycles. The third kappa shape index (κ3) is 3.68. The summed E-state index contributed by atoms with van der Waals surface area (Å²) in [5.41, 5.74) is 0. The molecule has 0 N–H and O–H groups in total. The third-order valence-electron chi connectivity index (χ3n) is 3.58. The Morgan fingerprint density at radius 1 is 1.42 bits per heavy atom. The van der Waals surface area contributed by atoms with Gasteiger partial charge in [-0.2, -0.15) is 0 Å². The molecule has 1 fully saturated rings. The van der Waals surface area contributed by atoms with E-state index in [1.807, 2.05) is 4.90 Å². The van der Waals surface area contributed by atoms with E-state index in [0.717, 1.165) is 19.4 Å². The Kier molecular flexibility index (Phi) is 5.18. The van der Waals surface area contributed by atoms with Gasteiger partial charge in [0.2, 0.25) is 11.1 Å². The van der Waals surface area contributed by atoms with Gasteiger partial charge < -0.3 is 4.90 Å². The number of hydrogen-bond donors (Lipinski definition) is 0. The first-order valence-electron chi connectivity index (χ1n) is 6.87. The highest BCUT2D eigenvalue weighted by molar-refractivity contribution is 7.99. The number of aryl methyl sites for hydroxylation is 1. The second-order valence-electron chi connectivity index (χ2n) is 4.85. The Morgan fingerprint density at radius 3 is 2.74 bits per heavy atom. The van der Waals surface area contributed by atoms with Crippen LogP contribution in [0.25, 0.3) is 0 Å². The minimum absolute atomic E-state index is 0.197. The lowest BCUT2D eigenvalue weighted by molar-refractivity contribution is -0.131. The predicted molar refractivity (Wildman–Crippen MR) is 73.8 cm³/mol. The zero-order valence-electron chi connectivity index (χ0n) is 11.6. The van der Waals surface area contributed by atoms with Gasteiger partial charge in [-0.1, -0.05) is 31.0 Å². The molecule has 1 heterocycles. The molecule has 2 rings (SSSR count). The van der Waals surface area contributed by atoms with E-state index in [1.54, 1.807) is 11.7 Å². The number of rotatable bonds is 5. The molecular weight excluding hydrogens is 262 g/mol. The normalized spacial score (nSPS) is 16.5. The molecule has 7 heteroatoms. The second kappa shape index (κ2) is 6.88. The second-order valence-corrected chi connectivity index (χ2v) is 5.79. The van der Waals surface area contributed by atoms with Crippen molar-refractivity contribution in [3.8, 4) is 0 Å². The van der Waals surface area contributed by atoms with E-state index in [4.69, 9.17) is 0 Å². The summed E-state index contributed by atoms with van der Waals surface area (Å²) >= 11 is 1.41. The molecule has 0 spiro atoms. The van der Waals surface area contributed by atoms with Crippen LogP contribution < -0.4 is 0 Å². The fourth-order valence-electron chi connectivity index (χ4n) is 2.58. The number of hydrogen-bond acceptors (Lipinski definition) is 5. The molecule has 0 aliphatic heterocycles. The van der Waals surface area contributed by atoms with E-state index in [2.05, 4.69) is 22.4 Å². The van der Waals surface area contributed by atoms with Crippen molar-refractivity contribution >= 4 is 17.7 Å². The molecule has 1 amide bonds. The average Bonchev–Trinajstić information content (AvgIpc) is 2.84. The first-order valence-corrected chi connectivity index (χ1v) is 7.85. The molecule has 0 saturated heterocycles. The summed E-state index contributed by atoms with van der Waals surface area (Å²) in [5.74, 6) is 0.612. The van der Waals surface area contributed by atoms with Crippen molar-refractivity contribution in [1.29, 1.82) is 0 Å². The molecule has 19 heavy (non-hydrogen) atoms. The van der Waals surface area contributed by atoms with Gasteiger partial charge in [-0.15, -0.1) is 5.10 Å². The van der Waals surface area contributed by atoms with Crippen molar-refractivity contribution in [2.75, 3.05) is 12.3 Å². The first kappa shape index (κ1) is 14.3. The van der Waals surface area contributed by atoms with Crippen LogP contribution in [0.5, 0.6) is 0 Å². The Labute approximate surface area is 117 Å². The zero-order chi connectivity index (χ0) is 13.7. The summed E-state index contributed by atoms with van der Waals surface area (Å²) in [6.07, 6.45) is 6.09. The number of nitrogens with zero attached hydrogens (tertiary/aromatic N) is 5. The minimum Gasteiger partial charge on any atom is -0.339 e. The fraction of sp³-hybridized carbons (Fsp3) is 0.833. The van der Waals surface area contributed by atoms with Crippen LogP contribution in [-0.2, 0) is 11.8 Å². The van der Waals surface area contributed by atoms with Gasteiger partial charge in [0.25, 0.3) is 0 Å². The SMILES string of the molecule is CCN(C(=O)CSc1nnnn1C)C1CCCCC1. The fourth-order valence-corrected chi connectivity index (χ4v) is 3.32. The summed E-state index contributed by atoms with van der Waals surface area (Å²) in [5, 5.41) is 11.9. The Balaban J connectivity index is 1.87. The van der Waals surface area contributed by atoms with Crippen molar-refractivity contribution in [3.05, 3.63) is 0 Å². The summed E-state index contributed by atoms with van der Waals surface area (Å²) in [7, 11) is 1.78. The summed E-state index contributed by atoms with van der Waals surface area (Å²) in [6, 6.07) is 0.435. The van der Waals surface area contributed by atoms with E-state index in [1.165, 1.54) is 31.0 Å². The van der Waals surface area contributed by atoms with Gasteiger partial charge >= 0.3 is 0 Å². The van der Waals surface area contributed by atoms with Crippen LogP contribution in [0.2, 0.25) is 0 Å². The predicted octanol–water partition coefficient (Wildman–Crippen LogP) is 1.48. The van der Waals surface area contributed by atoms with E-state index >= 15 is 0 Å².